The van der Waals surface area contributed by atoms with Gasteiger partial charge in [-0.1, -0.05) is 0 Å². The maximum atomic E-state index is 12.0. The third-order valence-electron chi connectivity index (χ3n) is 3.52. The summed E-state index contributed by atoms with van der Waals surface area (Å²) in [6, 6.07) is 0. The Balaban J connectivity index is 0.00000162. The largest absolute Gasteiger partial charge is 0.358 e. The van der Waals surface area contributed by atoms with Crippen molar-refractivity contribution < 1.29 is 9.59 Å². The van der Waals surface area contributed by atoms with E-state index in [1.807, 2.05) is 4.90 Å². The molecule has 0 atom stereocenters. The molecule has 0 bridgehead atoms. The molecule has 1 saturated heterocycles. The van der Waals surface area contributed by atoms with Crippen LogP contribution in [0.15, 0.2) is 0 Å². The third-order valence-corrected chi connectivity index (χ3v) is 3.52. The van der Waals surface area contributed by atoms with Gasteiger partial charge < -0.3 is 16.0 Å². The lowest BCUT2D eigenvalue weighted by atomic mass is 10.2. The molecule has 1 aliphatic heterocycles. The zero-order valence-electron chi connectivity index (χ0n) is 10.6. The first-order valence-corrected chi connectivity index (χ1v) is 6.06. The van der Waals surface area contributed by atoms with Gasteiger partial charge in [0.2, 0.25) is 11.8 Å². The summed E-state index contributed by atoms with van der Waals surface area (Å²) in [5.41, 5.74) is 5.32. The van der Waals surface area contributed by atoms with E-state index in [2.05, 4.69) is 10.2 Å². The number of carbonyl (C=O) groups is 2. The van der Waals surface area contributed by atoms with Gasteiger partial charge in [0.1, 0.15) is 0 Å². The third kappa shape index (κ3) is 3.34. The van der Waals surface area contributed by atoms with Gasteiger partial charge in [0.15, 0.2) is 0 Å². The summed E-state index contributed by atoms with van der Waals surface area (Å²) in [5.74, 6) is 0.0966. The number of nitrogens with zero attached hydrogens (tertiary/aromatic N) is 2. The van der Waals surface area contributed by atoms with Crippen molar-refractivity contribution in [3.8, 4) is 0 Å². The molecule has 7 heteroatoms. The summed E-state index contributed by atoms with van der Waals surface area (Å²) in [6.45, 7) is 3.25. The van der Waals surface area contributed by atoms with Crippen LogP contribution in [0.1, 0.15) is 12.8 Å². The van der Waals surface area contributed by atoms with Crippen molar-refractivity contribution in [3.05, 3.63) is 0 Å². The molecule has 1 heterocycles. The van der Waals surface area contributed by atoms with Gasteiger partial charge in [-0.3, -0.25) is 14.5 Å². The number of halogens is 1. The number of likely N-dealkylation sites (N-methyl/N-ethyl adjacent to an activating group) is 1. The molecule has 1 saturated carbocycles. The molecule has 2 amide bonds. The summed E-state index contributed by atoms with van der Waals surface area (Å²) in [4.78, 5) is 27.1. The van der Waals surface area contributed by atoms with E-state index >= 15 is 0 Å². The summed E-state index contributed by atoms with van der Waals surface area (Å²) >= 11 is 0. The number of amides is 2. The number of rotatable bonds is 3. The highest BCUT2D eigenvalue weighted by Crippen LogP contribution is 2.34. The molecule has 2 fully saturated rings. The topological polar surface area (TPSA) is 78.7 Å². The molecule has 1 aliphatic carbocycles. The first kappa shape index (κ1) is 15.2. The number of carbonyl (C=O) groups excluding carboxylic acids is 2. The van der Waals surface area contributed by atoms with Crippen molar-refractivity contribution in [2.24, 2.45) is 5.73 Å². The van der Waals surface area contributed by atoms with Crippen molar-refractivity contribution in [1.29, 1.82) is 0 Å². The minimum Gasteiger partial charge on any atom is -0.358 e. The van der Waals surface area contributed by atoms with E-state index in [0.717, 1.165) is 25.9 Å². The molecule has 0 unspecified atom stereocenters. The second-order valence-corrected chi connectivity index (χ2v) is 4.90. The summed E-state index contributed by atoms with van der Waals surface area (Å²) in [7, 11) is 1.63. The summed E-state index contributed by atoms with van der Waals surface area (Å²) < 4.78 is 0. The van der Waals surface area contributed by atoms with Crippen LogP contribution in [0, 0.1) is 0 Å². The van der Waals surface area contributed by atoms with Crippen molar-refractivity contribution >= 4 is 24.2 Å². The molecule has 104 valence electrons. The van der Waals surface area contributed by atoms with E-state index in [9.17, 15) is 9.59 Å². The van der Waals surface area contributed by atoms with E-state index in [1.54, 1.807) is 7.05 Å². The second kappa shape index (κ2) is 5.86. The molecule has 3 N–H and O–H groups in total. The molecule has 0 aromatic heterocycles. The van der Waals surface area contributed by atoms with Gasteiger partial charge in [0.25, 0.3) is 0 Å². The Labute approximate surface area is 113 Å². The Morgan fingerprint density at radius 1 is 1.22 bits per heavy atom. The highest BCUT2D eigenvalue weighted by atomic mass is 35.5. The molecule has 0 spiro atoms. The molecular formula is C11H21ClN4O2. The van der Waals surface area contributed by atoms with E-state index in [4.69, 9.17) is 5.73 Å². The quantitative estimate of drug-likeness (QED) is 0.678. The highest BCUT2D eigenvalue weighted by Gasteiger charge is 2.48. The Morgan fingerprint density at radius 3 is 2.22 bits per heavy atom. The maximum absolute atomic E-state index is 12.0. The van der Waals surface area contributed by atoms with Crippen LogP contribution < -0.4 is 11.1 Å². The van der Waals surface area contributed by atoms with Gasteiger partial charge in [0.05, 0.1) is 12.1 Å². The van der Waals surface area contributed by atoms with Crippen molar-refractivity contribution in [3.63, 3.8) is 0 Å². The fraction of sp³-hybridized carbons (Fsp3) is 0.818. The van der Waals surface area contributed by atoms with Crippen LogP contribution in [0.2, 0.25) is 0 Å². The van der Waals surface area contributed by atoms with Crippen LogP contribution in [0.4, 0.5) is 0 Å². The van der Waals surface area contributed by atoms with Gasteiger partial charge in [-0.2, -0.15) is 0 Å². The lowest BCUT2D eigenvalue weighted by molar-refractivity contribution is -0.135. The smallest absolute Gasteiger partial charge is 0.242 e. The number of hydrogen-bond donors (Lipinski definition) is 2. The minimum absolute atomic E-state index is 0. The number of nitrogens with two attached hydrogens (primary N) is 1. The maximum Gasteiger partial charge on any atom is 0.242 e. The molecule has 18 heavy (non-hydrogen) atoms. The fourth-order valence-corrected chi connectivity index (χ4v) is 2.05. The zero-order valence-corrected chi connectivity index (χ0v) is 11.5. The fourth-order valence-electron chi connectivity index (χ4n) is 2.05. The molecule has 0 aromatic carbocycles. The molecule has 6 nitrogen and oxygen atoms in total. The highest BCUT2D eigenvalue weighted by molar-refractivity contribution is 5.89. The summed E-state index contributed by atoms with van der Waals surface area (Å²) in [5, 5.41) is 2.60. The van der Waals surface area contributed by atoms with Gasteiger partial charge in [-0.25, -0.2) is 0 Å². The minimum atomic E-state index is -0.567. The van der Waals surface area contributed by atoms with Crippen LogP contribution in [0.25, 0.3) is 0 Å². The zero-order chi connectivity index (χ0) is 12.5. The molecular weight excluding hydrogens is 256 g/mol. The van der Waals surface area contributed by atoms with Crippen LogP contribution in [-0.2, 0) is 9.59 Å². The van der Waals surface area contributed by atoms with E-state index < -0.39 is 5.54 Å². The first-order valence-electron chi connectivity index (χ1n) is 6.06. The number of hydrogen-bond acceptors (Lipinski definition) is 4. The Hall–Kier alpha value is -0.850. The standard InChI is InChI=1S/C11H20N4O2.ClH/c1-13-9(16)8-14-4-6-15(7-5-14)10(17)11(12)2-3-11;/h2-8,12H2,1H3,(H,13,16);1H. The molecule has 2 aliphatic rings. The molecule has 2 rings (SSSR count). The van der Waals surface area contributed by atoms with Crippen molar-refractivity contribution in [2.75, 3.05) is 39.8 Å². The lowest BCUT2D eigenvalue weighted by Gasteiger charge is -2.35. The van der Waals surface area contributed by atoms with Gasteiger partial charge in [-0.15, -0.1) is 12.4 Å². The lowest BCUT2D eigenvalue weighted by Crippen LogP contribution is -2.55. The summed E-state index contributed by atoms with van der Waals surface area (Å²) in [6.07, 6.45) is 1.62. The van der Waals surface area contributed by atoms with Crippen molar-refractivity contribution in [2.45, 2.75) is 18.4 Å². The van der Waals surface area contributed by atoms with E-state index in [1.165, 1.54) is 0 Å². The predicted molar refractivity (Wildman–Crippen MR) is 70.5 cm³/mol. The van der Waals surface area contributed by atoms with Gasteiger partial charge >= 0.3 is 0 Å². The Morgan fingerprint density at radius 2 is 1.78 bits per heavy atom. The van der Waals surface area contributed by atoms with Crippen LogP contribution in [0.3, 0.4) is 0 Å². The predicted octanol–water partition coefficient (Wildman–Crippen LogP) is -1.21. The average Bonchev–Trinajstić information content (AvgIpc) is 3.08. The van der Waals surface area contributed by atoms with Crippen molar-refractivity contribution in [1.82, 2.24) is 15.1 Å². The second-order valence-electron chi connectivity index (χ2n) is 4.90. The average molecular weight is 277 g/mol. The van der Waals surface area contributed by atoms with E-state index in [0.29, 0.717) is 19.6 Å². The molecule has 0 radical (unpaired) electrons. The monoisotopic (exact) mass is 276 g/mol. The van der Waals surface area contributed by atoms with Crippen LogP contribution >= 0.6 is 12.4 Å². The SMILES string of the molecule is CNC(=O)CN1CCN(C(=O)C2(N)CC2)CC1.Cl. The Kier molecular flexibility index (Phi) is 4.95. The van der Waals surface area contributed by atoms with E-state index in [-0.39, 0.29) is 24.2 Å². The van der Waals surface area contributed by atoms with Crippen LogP contribution in [0.5, 0.6) is 0 Å². The number of piperazine rings is 1. The van der Waals surface area contributed by atoms with Crippen LogP contribution in [-0.4, -0.2) is 66.9 Å². The number of nitrogens with one attached hydrogen (secondary N) is 1. The van der Waals surface area contributed by atoms with Gasteiger partial charge in [0, 0.05) is 33.2 Å². The first-order chi connectivity index (χ1) is 8.05. The Bertz CT molecular complexity index is 325. The van der Waals surface area contributed by atoms with Gasteiger partial charge in [-0.05, 0) is 12.8 Å². The molecule has 0 aromatic rings. The normalized spacial score (nSPS) is 22.0.